The topological polar surface area (TPSA) is 58.6 Å². The molecular weight excluding hydrogens is 166 g/mol. The standard InChI is InChI=1S/C9H9N3O/c1-2-7-6-3-4-8(13)12-9(6)11-5-10-7/h3-5H,2H2,1H3,(H,10,11,12,13). The number of nitrogens with one attached hydrogen (secondary N) is 1. The maximum Gasteiger partial charge on any atom is 0.249 e. The number of hydrogen-bond donors (Lipinski definition) is 1. The van der Waals surface area contributed by atoms with Gasteiger partial charge in [0.2, 0.25) is 5.56 Å². The molecule has 0 saturated carbocycles. The van der Waals surface area contributed by atoms with Crippen LogP contribution in [0.5, 0.6) is 0 Å². The van der Waals surface area contributed by atoms with Crippen molar-refractivity contribution in [2.75, 3.05) is 0 Å². The molecule has 2 aromatic heterocycles. The largest absolute Gasteiger partial charge is 0.306 e. The van der Waals surface area contributed by atoms with Crippen molar-refractivity contribution >= 4 is 11.0 Å². The Morgan fingerprint density at radius 1 is 1.38 bits per heavy atom. The fraction of sp³-hybridized carbons (Fsp3) is 0.222. The molecule has 0 aliphatic carbocycles. The Hall–Kier alpha value is -1.71. The van der Waals surface area contributed by atoms with Crippen LogP contribution < -0.4 is 5.56 Å². The number of H-pyrrole nitrogens is 1. The van der Waals surface area contributed by atoms with Crippen molar-refractivity contribution in [1.82, 2.24) is 15.0 Å². The molecule has 0 unspecified atom stereocenters. The summed E-state index contributed by atoms with van der Waals surface area (Å²) in [6, 6.07) is 3.25. The van der Waals surface area contributed by atoms with Gasteiger partial charge in [-0.05, 0) is 12.5 Å². The number of aryl methyl sites for hydroxylation is 1. The molecule has 0 spiro atoms. The maximum atomic E-state index is 11.0. The van der Waals surface area contributed by atoms with Crippen LogP contribution in [-0.4, -0.2) is 15.0 Å². The third-order valence-corrected chi connectivity index (χ3v) is 1.94. The second-order valence-corrected chi connectivity index (χ2v) is 2.76. The first-order valence-corrected chi connectivity index (χ1v) is 4.14. The van der Waals surface area contributed by atoms with Crippen LogP contribution in [0.3, 0.4) is 0 Å². The van der Waals surface area contributed by atoms with Gasteiger partial charge in [0.05, 0.1) is 5.69 Å². The molecule has 0 bridgehead atoms. The van der Waals surface area contributed by atoms with Gasteiger partial charge in [-0.15, -0.1) is 0 Å². The van der Waals surface area contributed by atoms with E-state index in [0.29, 0.717) is 5.65 Å². The normalized spacial score (nSPS) is 10.5. The lowest BCUT2D eigenvalue weighted by atomic mass is 10.2. The van der Waals surface area contributed by atoms with Gasteiger partial charge in [0.1, 0.15) is 12.0 Å². The van der Waals surface area contributed by atoms with Crippen molar-refractivity contribution in [3.63, 3.8) is 0 Å². The van der Waals surface area contributed by atoms with Gasteiger partial charge in [-0.2, -0.15) is 0 Å². The minimum atomic E-state index is -0.131. The Labute approximate surface area is 74.7 Å². The van der Waals surface area contributed by atoms with Crippen molar-refractivity contribution in [3.05, 3.63) is 34.5 Å². The monoisotopic (exact) mass is 175 g/mol. The van der Waals surface area contributed by atoms with Crippen LogP contribution in [-0.2, 0) is 6.42 Å². The average Bonchev–Trinajstić information content (AvgIpc) is 2.16. The van der Waals surface area contributed by atoms with Gasteiger partial charge in [-0.1, -0.05) is 6.92 Å². The first kappa shape index (κ1) is 7.91. The number of pyridine rings is 1. The van der Waals surface area contributed by atoms with Gasteiger partial charge in [0.25, 0.3) is 0 Å². The molecule has 0 aromatic carbocycles. The van der Waals surface area contributed by atoms with Crippen LogP contribution in [0.15, 0.2) is 23.3 Å². The fourth-order valence-corrected chi connectivity index (χ4v) is 1.31. The molecule has 0 amide bonds. The number of rotatable bonds is 1. The number of hydrogen-bond acceptors (Lipinski definition) is 3. The van der Waals surface area contributed by atoms with Gasteiger partial charge in [-0.25, -0.2) is 9.97 Å². The molecule has 66 valence electrons. The van der Waals surface area contributed by atoms with E-state index in [1.165, 1.54) is 12.4 Å². The second-order valence-electron chi connectivity index (χ2n) is 2.76. The molecule has 0 radical (unpaired) electrons. The summed E-state index contributed by atoms with van der Waals surface area (Å²) in [7, 11) is 0. The summed E-state index contributed by atoms with van der Waals surface area (Å²) in [5, 5.41) is 0.921. The van der Waals surface area contributed by atoms with Gasteiger partial charge in [-0.3, -0.25) is 4.79 Å². The second kappa shape index (κ2) is 2.97. The average molecular weight is 175 g/mol. The Morgan fingerprint density at radius 2 is 2.23 bits per heavy atom. The Balaban J connectivity index is 2.85. The third-order valence-electron chi connectivity index (χ3n) is 1.94. The first-order valence-electron chi connectivity index (χ1n) is 4.14. The molecule has 2 rings (SSSR count). The first-order chi connectivity index (χ1) is 6.31. The van der Waals surface area contributed by atoms with E-state index in [9.17, 15) is 4.79 Å². The molecule has 1 N–H and O–H groups in total. The van der Waals surface area contributed by atoms with Crippen LogP contribution in [0.25, 0.3) is 11.0 Å². The summed E-state index contributed by atoms with van der Waals surface area (Å²) in [5.74, 6) is 0. The van der Waals surface area contributed by atoms with Crippen molar-refractivity contribution in [1.29, 1.82) is 0 Å². The van der Waals surface area contributed by atoms with E-state index in [4.69, 9.17) is 0 Å². The lowest BCUT2D eigenvalue weighted by Crippen LogP contribution is -2.05. The zero-order valence-electron chi connectivity index (χ0n) is 7.24. The molecule has 4 heteroatoms. The maximum absolute atomic E-state index is 11.0. The Bertz CT molecular complexity index is 489. The lowest BCUT2D eigenvalue weighted by molar-refractivity contribution is 1.02. The summed E-state index contributed by atoms with van der Waals surface area (Å²) in [6.45, 7) is 2.02. The predicted molar refractivity (Wildman–Crippen MR) is 49.5 cm³/mol. The zero-order chi connectivity index (χ0) is 9.26. The third kappa shape index (κ3) is 1.30. The number of fused-ring (bicyclic) bond motifs is 1. The summed E-state index contributed by atoms with van der Waals surface area (Å²) in [4.78, 5) is 21.7. The molecule has 0 saturated heterocycles. The van der Waals surface area contributed by atoms with Crippen molar-refractivity contribution in [2.24, 2.45) is 0 Å². The van der Waals surface area contributed by atoms with E-state index >= 15 is 0 Å². The Morgan fingerprint density at radius 3 is 3.00 bits per heavy atom. The van der Waals surface area contributed by atoms with E-state index in [-0.39, 0.29) is 5.56 Å². The lowest BCUT2D eigenvalue weighted by Gasteiger charge is -1.99. The van der Waals surface area contributed by atoms with E-state index < -0.39 is 0 Å². The summed E-state index contributed by atoms with van der Waals surface area (Å²) < 4.78 is 0. The molecule has 0 aliphatic rings. The highest BCUT2D eigenvalue weighted by Crippen LogP contribution is 2.09. The van der Waals surface area contributed by atoms with Crippen molar-refractivity contribution in [3.8, 4) is 0 Å². The predicted octanol–water partition coefficient (Wildman–Crippen LogP) is 0.880. The molecule has 13 heavy (non-hydrogen) atoms. The highest BCUT2D eigenvalue weighted by Gasteiger charge is 2.00. The molecule has 0 atom stereocenters. The van der Waals surface area contributed by atoms with E-state index in [2.05, 4.69) is 15.0 Å². The minimum Gasteiger partial charge on any atom is -0.306 e. The van der Waals surface area contributed by atoms with Crippen LogP contribution in [0.4, 0.5) is 0 Å². The van der Waals surface area contributed by atoms with Gasteiger partial charge in [0.15, 0.2) is 0 Å². The molecule has 2 aromatic rings. The number of aromatic amines is 1. The molecule has 0 fully saturated rings. The van der Waals surface area contributed by atoms with Crippen molar-refractivity contribution < 1.29 is 0 Å². The fourth-order valence-electron chi connectivity index (χ4n) is 1.31. The van der Waals surface area contributed by atoms with Crippen LogP contribution in [0.2, 0.25) is 0 Å². The summed E-state index contributed by atoms with van der Waals surface area (Å²) in [6.07, 6.45) is 2.31. The molecule has 4 nitrogen and oxygen atoms in total. The van der Waals surface area contributed by atoms with Gasteiger partial charge in [0, 0.05) is 11.5 Å². The van der Waals surface area contributed by atoms with Crippen LogP contribution in [0.1, 0.15) is 12.6 Å². The van der Waals surface area contributed by atoms with E-state index in [1.807, 2.05) is 6.92 Å². The number of nitrogens with zero attached hydrogens (tertiary/aromatic N) is 2. The quantitative estimate of drug-likeness (QED) is 0.699. The Kier molecular flexibility index (Phi) is 1.81. The molecule has 2 heterocycles. The van der Waals surface area contributed by atoms with E-state index in [0.717, 1.165) is 17.5 Å². The number of aromatic nitrogens is 3. The smallest absolute Gasteiger partial charge is 0.249 e. The molecular formula is C9H9N3O. The molecule has 0 aliphatic heterocycles. The van der Waals surface area contributed by atoms with Crippen LogP contribution in [0, 0.1) is 0 Å². The highest BCUT2D eigenvalue weighted by molar-refractivity contribution is 5.76. The van der Waals surface area contributed by atoms with E-state index in [1.54, 1.807) is 6.07 Å². The SMILES string of the molecule is CCc1ncnc2[nH]c(=O)ccc12. The summed E-state index contributed by atoms with van der Waals surface area (Å²) >= 11 is 0. The highest BCUT2D eigenvalue weighted by atomic mass is 16.1. The van der Waals surface area contributed by atoms with Crippen LogP contribution >= 0.6 is 0 Å². The summed E-state index contributed by atoms with van der Waals surface area (Å²) in [5.41, 5.74) is 1.44. The van der Waals surface area contributed by atoms with Crippen molar-refractivity contribution in [2.45, 2.75) is 13.3 Å². The minimum absolute atomic E-state index is 0.131. The van der Waals surface area contributed by atoms with Gasteiger partial charge >= 0.3 is 0 Å². The zero-order valence-corrected chi connectivity index (χ0v) is 7.24. The van der Waals surface area contributed by atoms with Gasteiger partial charge < -0.3 is 4.98 Å².